The van der Waals surface area contributed by atoms with E-state index < -0.39 is 17.5 Å². The molecule has 0 fully saturated rings. The Morgan fingerprint density at radius 2 is 1.71 bits per heavy atom. The van der Waals surface area contributed by atoms with Gasteiger partial charge in [0.2, 0.25) is 5.28 Å². The average Bonchev–Trinajstić information content (AvgIpc) is 3.17. The Balaban J connectivity index is 1.91. The van der Waals surface area contributed by atoms with Gasteiger partial charge in [0, 0.05) is 13.7 Å². The Kier molecular flexibility index (Phi) is 8.28. The van der Waals surface area contributed by atoms with Crippen molar-refractivity contribution in [2.24, 2.45) is 0 Å². The number of hydrogen-bond donors (Lipinski definition) is 1. The largest absolute Gasteiger partial charge is 0.465 e. The minimum Gasteiger partial charge on any atom is -0.465 e. The van der Waals surface area contributed by atoms with Crippen molar-refractivity contribution in [1.82, 2.24) is 14.9 Å². The molecule has 0 spiro atoms. The molecule has 9 heteroatoms. The van der Waals surface area contributed by atoms with Crippen LogP contribution >= 0.6 is 11.6 Å². The first-order chi connectivity index (χ1) is 16.6. The fraction of sp³-hybridized carbons (Fsp3) is 0.269. The standard InChI is InChI=1S/C26H25ClFN3O4/c1-26(2,35-4)14-13-21-22(31(25(27)30-21)16-18-7-11-20(28)12-8-18)23(32)29-15-17-5-9-19(10-6-17)24(33)34-3/h5-12H,15-16H2,1-4H3,(H,29,32). The van der Waals surface area contributed by atoms with Gasteiger partial charge < -0.3 is 19.4 Å². The Labute approximate surface area is 208 Å². The number of imidazole rings is 1. The minimum atomic E-state index is -0.762. The molecule has 0 saturated carbocycles. The number of nitrogens with zero attached hydrogens (tertiary/aromatic N) is 2. The van der Waals surface area contributed by atoms with Gasteiger partial charge in [-0.25, -0.2) is 14.2 Å². The van der Waals surface area contributed by atoms with Gasteiger partial charge in [0.15, 0.2) is 0 Å². The van der Waals surface area contributed by atoms with Gasteiger partial charge in [-0.2, -0.15) is 0 Å². The number of hydrogen-bond acceptors (Lipinski definition) is 5. The highest BCUT2D eigenvalue weighted by Gasteiger charge is 2.22. The van der Waals surface area contributed by atoms with E-state index in [-0.39, 0.29) is 35.6 Å². The number of methoxy groups -OCH3 is 2. The summed E-state index contributed by atoms with van der Waals surface area (Å²) in [5, 5.41) is 2.92. The van der Waals surface area contributed by atoms with Gasteiger partial charge in [0.25, 0.3) is 5.91 Å². The van der Waals surface area contributed by atoms with Crippen LogP contribution in [0.15, 0.2) is 48.5 Å². The monoisotopic (exact) mass is 497 g/mol. The summed E-state index contributed by atoms with van der Waals surface area (Å²) in [6.45, 7) is 3.96. The van der Waals surface area contributed by atoms with Crippen LogP contribution < -0.4 is 5.32 Å². The van der Waals surface area contributed by atoms with Crippen molar-refractivity contribution in [2.45, 2.75) is 32.5 Å². The van der Waals surface area contributed by atoms with E-state index in [4.69, 9.17) is 21.1 Å². The molecule has 1 N–H and O–H groups in total. The molecule has 0 bridgehead atoms. The Bertz CT molecular complexity index is 1270. The molecule has 182 valence electrons. The lowest BCUT2D eigenvalue weighted by Crippen LogP contribution is -2.27. The second-order valence-electron chi connectivity index (χ2n) is 8.13. The Hall–Kier alpha value is -3.67. The van der Waals surface area contributed by atoms with Crippen LogP contribution in [0, 0.1) is 17.7 Å². The van der Waals surface area contributed by atoms with Gasteiger partial charge in [-0.15, -0.1) is 0 Å². The van der Waals surface area contributed by atoms with E-state index in [0.717, 1.165) is 11.1 Å². The molecule has 0 aliphatic carbocycles. The van der Waals surface area contributed by atoms with Crippen molar-refractivity contribution in [3.63, 3.8) is 0 Å². The topological polar surface area (TPSA) is 82.4 Å². The number of carbonyl (C=O) groups is 2. The number of amides is 1. The van der Waals surface area contributed by atoms with E-state index in [1.54, 1.807) is 50.2 Å². The third-order valence-electron chi connectivity index (χ3n) is 5.21. The molecule has 2 aromatic carbocycles. The molecular formula is C26H25ClFN3O4. The molecule has 0 aliphatic rings. The van der Waals surface area contributed by atoms with E-state index in [2.05, 4.69) is 22.1 Å². The Morgan fingerprint density at radius 3 is 2.31 bits per heavy atom. The summed E-state index contributed by atoms with van der Waals surface area (Å²) in [4.78, 5) is 29.2. The zero-order valence-electron chi connectivity index (χ0n) is 19.8. The highest BCUT2D eigenvalue weighted by atomic mass is 35.5. The van der Waals surface area contributed by atoms with Gasteiger partial charge >= 0.3 is 5.97 Å². The second-order valence-corrected chi connectivity index (χ2v) is 8.46. The van der Waals surface area contributed by atoms with E-state index >= 15 is 0 Å². The lowest BCUT2D eigenvalue weighted by atomic mass is 10.1. The molecule has 3 rings (SSSR count). The van der Waals surface area contributed by atoms with E-state index in [0.29, 0.717) is 5.56 Å². The van der Waals surface area contributed by atoms with Gasteiger partial charge in [0.1, 0.15) is 22.8 Å². The van der Waals surface area contributed by atoms with Crippen LogP contribution in [-0.4, -0.2) is 41.2 Å². The van der Waals surface area contributed by atoms with Crippen molar-refractivity contribution in [3.05, 3.63) is 87.7 Å². The summed E-state index contributed by atoms with van der Waals surface area (Å²) < 4.78 is 24.9. The zero-order valence-corrected chi connectivity index (χ0v) is 20.6. The molecule has 0 radical (unpaired) electrons. The van der Waals surface area contributed by atoms with Gasteiger partial charge in [-0.05, 0) is 66.8 Å². The molecule has 1 amide bonds. The number of aromatic nitrogens is 2. The molecular weight excluding hydrogens is 473 g/mol. The lowest BCUT2D eigenvalue weighted by Gasteiger charge is -2.14. The van der Waals surface area contributed by atoms with E-state index in [1.165, 1.54) is 30.9 Å². The molecule has 1 aromatic heterocycles. The second kappa shape index (κ2) is 11.2. The number of nitrogens with one attached hydrogen (secondary N) is 1. The number of ether oxygens (including phenoxy) is 2. The maximum Gasteiger partial charge on any atom is 0.337 e. The lowest BCUT2D eigenvalue weighted by molar-refractivity contribution is 0.0600. The van der Waals surface area contributed by atoms with Crippen LogP contribution in [0.4, 0.5) is 4.39 Å². The molecule has 0 saturated heterocycles. The molecule has 3 aromatic rings. The molecule has 1 heterocycles. The summed E-state index contributed by atoms with van der Waals surface area (Å²) in [5.41, 5.74) is 1.52. The van der Waals surface area contributed by atoms with Gasteiger partial charge in [0.05, 0.1) is 19.2 Å². The first-order valence-corrected chi connectivity index (χ1v) is 11.1. The molecule has 35 heavy (non-hydrogen) atoms. The van der Waals surface area contributed by atoms with Crippen LogP contribution in [0.2, 0.25) is 5.28 Å². The normalized spacial score (nSPS) is 10.9. The van der Waals surface area contributed by atoms with Crippen molar-refractivity contribution in [3.8, 4) is 11.8 Å². The molecule has 0 atom stereocenters. The number of rotatable bonds is 7. The summed E-state index contributed by atoms with van der Waals surface area (Å²) in [7, 11) is 2.85. The van der Waals surface area contributed by atoms with Crippen LogP contribution in [0.5, 0.6) is 0 Å². The molecule has 0 aliphatic heterocycles. The summed E-state index contributed by atoms with van der Waals surface area (Å²) in [6, 6.07) is 12.6. The highest BCUT2D eigenvalue weighted by Crippen LogP contribution is 2.20. The fourth-order valence-electron chi connectivity index (χ4n) is 3.06. The molecule has 0 unspecified atom stereocenters. The summed E-state index contributed by atoms with van der Waals surface area (Å²) >= 11 is 6.39. The SMILES string of the molecule is COC(=O)c1ccc(CNC(=O)c2c(C#CC(C)(C)OC)nc(Cl)n2Cc2ccc(F)cc2)cc1. The third-order valence-corrected chi connectivity index (χ3v) is 5.50. The quantitative estimate of drug-likeness (QED) is 0.390. The Morgan fingerprint density at radius 1 is 1.09 bits per heavy atom. The number of halogens is 2. The van der Waals surface area contributed by atoms with Crippen molar-refractivity contribution < 1.29 is 23.5 Å². The van der Waals surface area contributed by atoms with Crippen molar-refractivity contribution in [1.29, 1.82) is 0 Å². The smallest absolute Gasteiger partial charge is 0.337 e. The predicted octanol–water partition coefficient (Wildman–Crippen LogP) is 4.22. The van der Waals surface area contributed by atoms with Crippen LogP contribution in [0.3, 0.4) is 0 Å². The average molecular weight is 498 g/mol. The van der Waals surface area contributed by atoms with Crippen LogP contribution in [0.25, 0.3) is 0 Å². The number of carbonyl (C=O) groups excluding carboxylic acids is 2. The highest BCUT2D eigenvalue weighted by molar-refractivity contribution is 6.29. The van der Waals surface area contributed by atoms with Crippen LogP contribution in [0.1, 0.15) is 51.5 Å². The number of benzene rings is 2. The van der Waals surface area contributed by atoms with Gasteiger partial charge in [-0.3, -0.25) is 4.79 Å². The minimum absolute atomic E-state index is 0.0708. The first kappa shape index (κ1) is 25.9. The van der Waals surface area contributed by atoms with Gasteiger partial charge in [-0.1, -0.05) is 30.2 Å². The zero-order chi connectivity index (χ0) is 25.6. The number of esters is 1. The predicted molar refractivity (Wildman–Crippen MR) is 130 cm³/mol. The fourth-order valence-corrected chi connectivity index (χ4v) is 3.29. The maximum atomic E-state index is 13.3. The maximum absolute atomic E-state index is 13.3. The molecule has 7 nitrogen and oxygen atoms in total. The summed E-state index contributed by atoms with van der Waals surface area (Å²) in [6.07, 6.45) is 0. The van der Waals surface area contributed by atoms with E-state index in [9.17, 15) is 14.0 Å². The third kappa shape index (κ3) is 6.69. The van der Waals surface area contributed by atoms with E-state index in [1.807, 2.05) is 0 Å². The van der Waals surface area contributed by atoms with Crippen molar-refractivity contribution in [2.75, 3.05) is 14.2 Å². The van der Waals surface area contributed by atoms with Crippen molar-refractivity contribution >= 4 is 23.5 Å². The van der Waals surface area contributed by atoms with Crippen LogP contribution in [-0.2, 0) is 22.6 Å². The first-order valence-electron chi connectivity index (χ1n) is 10.7. The summed E-state index contributed by atoms with van der Waals surface area (Å²) in [5.74, 6) is 4.60.